The molecule has 0 radical (unpaired) electrons. The molecule has 6 heteroatoms. The SMILES string of the molecule is NCC1(C(=O)Nc2cc(F)cc(Cl)c2)CCOCC1. The number of rotatable bonds is 3. The number of carbonyl (C=O) groups excluding carboxylic acids is 1. The topological polar surface area (TPSA) is 64.4 Å². The van der Waals surface area contributed by atoms with Crippen molar-refractivity contribution >= 4 is 23.2 Å². The van der Waals surface area contributed by atoms with E-state index in [9.17, 15) is 9.18 Å². The molecule has 1 aromatic rings. The van der Waals surface area contributed by atoms with E-state index in [2.05, 4.69) is 5.32 Å². The zero-order chi connectivity index (χ0) is 13.9. The minimum absolute atomic E-state index is 0.208. The van der Waals surface area contributed by atoms with Gasteiger partial charge in [0, 0.05) is 30.5 Å². The first-order valence-corrected chi connectivity index (χ1v) is 6.49. The summed E-state index contributed by atoms with van der Waals surface area (Å²) >= 11 is 5.75. The van der Waals surface area contributed by atoms with Crippen LogP contribution in [0.5, 0.6) is 0 Å². The third-order valence-electron chi connectivity index (χ3n) is 3.44. The van der Waals surface area contributed by atoms with E-state index in [1.165, 1.54) is 18.2 Å². The van der Waals surface area contributed by atoms with Crippen LogP contribution in [0.4, 0.5) is 10.1 Å². The van der Waals surface area contributed by atoms with Gasteiger partial charge in [-0.3, -0.25) is 4.79 Å². The molecule has 1 fully saturated rings. The summed E-state index contributed by atoms with van der Waals surface area (Å²) < 4.78 is 18.5. The highest BCUT2D eigenvalue weighted by atomic mass is 35.5. The molecule has 1 amide bonds. The average Bonchev–Trinajstić information content (AvgIpc) is 2.38. The number of benzene rings is 1. The molecule has 4 nitrogen and oxygen atoms in total. The number of carbonyl (C=O) groups is 1. The van der Waals surface area contributed by atoms with Gasteiger partial charge >= 0.3 is 0 Å². The summed E-state index contributed by atoms with van der Waals surface area (Å²) in [6.07, 6.45) is 1.14. The molecule has 1 heterocycles. The maximum Gasteiger partial charge on any atom is 0.232 e. The summed E-state index contributed by atoms with van der Waals surface area (Å²) in [5.74, 6) is -0.698. The number of anilines is 1. The van der Waals surface area contributed by atoms with Gasteiger partial charge in [0.2, 0.25) is 5.91 Å². The fourth-order valence-electron chi connectivity index (χ4n) is 2.18. The molecule has 0 aliphatic carbocycles. The first-order valence-electron chi connectivity index (χ1n) is 6.11. The van der Waals surface area contributed by atoms with Gasteiger partial charge in [0.15, 0.2) is 0 Å². The molecule has 0 aromatic heterocycles. The van der Waals surface area contributed by atoms with Gasteiger partial charge in [0.1, 0.15) is 5.82 Å². The summed E-state index contributed by atoms with van der Waals surface area (Å²) in [5.41, 5.74) is 5.44. The van der Waals surface area contributed by atoms with E-state index in [1.807, 2.05) is 0 Å². The van der Waals surface area contributed by atoms with Crippen molar-refractivity contribution < 1.29 is 13.9 Å². The molecule has 2 rings (SSSR count). The van der Waals surface area contributed by atoms with Gasteiger partial charge < -0.3 is 15.8 Å². The van der Waals surface area contributed by atoms with Crippen LogP contribution >= 0.6 is 11.6 Å². The summed E-state index contributed by atoms with van der Waals surface area (Å²) in [7, 11) is 0. The number of ether oxygens (including phenoxy) is 1. The molecule has 104 valence electrons. The summed E-state index contributed by atoms with van der Waals surface area (Å²) in [6.45, 7) is 1.26. The Kier molecular flexibility index (Phi) is 4.39. The minimum Gasteiger partial charge on any atom is -0.381 e. The zero-order valence-electron chi connectivity index (χ0n) is 10.4. The highest BCUT2D eigenvalue weighted by molar-refractivity contribution is 6.30. The number of nitrogens with one attached hydrogen (secondary N) is 1. The lowest BCUT2D eigenvalue weighted by Gasteiger charge is -2.34. The van der Waals surface area contributed by atoms with E-state index >= 15 is 0 Å². The van der Waals surface area contributed by atoms with Crippen molar-refractivity contribution in [3.63, 3.8) is 0 Å². The van der Waals surface area contributed by atoms with Gasteiger partial charge in [-0.1, -0.05) is 11.6 Å². The van der Waals surface area contributed by atoms with Crippen molar-refractivity contribution in [2.75, 3.05) is 25.1 Å². The standard InChI is InChI=1S/C13H16ClFN2O2/c14-9-5-10(15)7-11(6-9)17-12(18)13(8-16)1-3-19-4-2-13/h5-7H,1-4,8,16H2,(H,17,18). The molecule has 19 heavy (non-hydrogen) atoms. The van der Waals surface area contributed by atoms with Gasteiger partial charge in [0.25, 0.3) is 0 Å². The molecular formula is C13H16ClFN2O2. The molecule has 3 N–H and O–H groups in total. The van der Waals surface area contributed by atoms with E-state index in [4.69, 9.17) is 22.1 Å². The second kappa shape index (κ2) is 5.86. The lowest BCUT2D eigenvalue weighted by molar-refractivity contribution is -0.130. The van der Waals surface area contributed by atoms with Crippen LogP contribution in [0.1, 0.15) is 12.8 Å². The van der Waals surface area contributed by atoms with Gasteiger partial charge in [-0.2, -0.15) is 0 Å². The Labute approximate surface area is 116 Å². The number of nitrogens with two attached hydrogens (primary N) is 1. The molecular weight excluding hydrogens is 271 g/mol. The number of amides is 1. The van der Waals surface area contributed by atoms with Crippen molar-refractivity contribution in [2.45, 2.75) is 12.8 Å². The van der Waals surface area contributed by atoms with Gasteiger partial charge in [-0.05, 0) is 31.0 Å². The van der Waals surface area contributed by atoms with Crippen molar-refractivity contribution in [1.82, 2.24) is 0 Å². The molecule has 0 spiro atoms. The molecule has 1 aromatic carbocycles. The van der Waals surface area contributed by atoms with Crippen LogP contribution in [0.25, 0.3) is 0 Å². The number of hydrogen-bond acceptors (Lipinski definition) is 3. The van der Waals surface area contributed by atoms with Crippen molar-refractivity contribution in [2.24, 2.45) is 11.1 Å². The first kappa shape index (κ1) is 14.2. The number of hydrogen-bond donors (Lipinski definition) is 2. The van der Waals surface area contributed by atoms with Crippen molar-refractivity contribution in [3.05, 3.63) is 29.0 Å². The smallest absolute Gasteiger partial charge is 0.232 e. The summed E-state index contributed by atoms with van der Waals surface area (Å²) in [6, 6.07) is 3.92. The Hall–Kier alpha value is -1.17. The molecule has 0 saturated carbocycles. The summed E-state index contributed by atoms with van der Waals surface area (Å²) in [4.78, 5) is 12.3. The Morgan fingerprint density at radius 2 is 2.11 bits per heavy atom. The van der Waals surface area contributed by atoms with E-state index in [0.29, 0.717) is 31.7 Å². The third-order valence-corrected chi connectivity index (χ3v) is 3.66. The minimum atomic E-state index is -0.642. The van der Waals surface area contributed by atoms with Crippen molar-refractivity contribution in [1.29, 1.82) is 0 Å². The fourth-order valence-corrected chi connectivity index (χ4v) is 2.40. The Morgan fingerprint density at radius 1 is 1.42 bits per heavy atom. The number of halogens is 2. The van der Waals surface area contributed by atoms with Crippen molar-refractivity contribution in [3.8, 4) is 0 Å². The summed E-state index contributed by atoms with van der Waals surface area (Å²) in [5, 5.41) is 2.93. The highest BCUT2D eigenvalue weighted by Crippen LogP contribution is 2.31. The van der Waals surface area contributed by atoms with E-state index in [1.54, 1.807) is 0 Å². The Balaban J connectivity index is 2.14. The Bertz CT molecular complexity index is 455. The third kappa shape index (κ3) is 3.23. The van der Waals surface area contributed by atoms with Crippen LogP contribution in [0, 0.1) is 11.2 Å². The largest absolute Gasteiger partial charge is 0.381 e. The maximum absolute atomic E-state index is 13.2. The molecule has 1 aliphatic heterocycles. The predicted octanol–water partition coefficient (Wildman–Crippen LogP) is 2.17. The Morgan fingerprint density at radius 3 is 2.68 bits per heavy atom. The molecule has 0 unspecified atom stereocenters. The molecule has 1 saturated heterocycles. The monoisotopic (exact) mass is 286 g/mol. The molecule has 0 bridgehead atoms. The van der Waals surface area contributed by atoms with Gasteiger partial charge in [0.05, 0.1) is 5.41 Å². The highest BCUT2D eigenvalue weighted by Gasteiger charge is 2.38. The average molecular weight is 287 g/mol. The molecule has 1 aliphatic rings. The van der Waals surface area contributed by atoms with Gasteiger partial charge in [-0.15, -0.1) is 0 Å². The lowest BCUT2D eigenvalue weighted by atomic mass is 9.79. The maximum atomic E-state index is 13.2. The zero-order valence-corrected chi connectivity index (χ0v) is 11.2. The lowest BCUT2D eigenvalue weighted by Crippen LogP contribution is -2.46. The normalized spacial score (nSPS) is 18.1. The molecule has 0 atom stereocenters. The van der Waals surface area contributed by atoms with E-state index in [0.717, 1.165) is 0 Å². The van der Waals surface area contributed by atoms with Crippen LogP contribution in [0.2, 0.25) is 5.02 Å². The van der Waals surface area contributed by atoms with Crippen LogP contribution < -0.4 is 11.1 Å². The second-order valence-electron chi connectivity index (χ2n) is 4.71. The second-order valence-corrected chi connectivity index (χ2v) is 5.15. The van der Waals surface area contributed by atoms with E-state index < -0.39 is 11.2 Å². The van der Waals surface area contributed by atoms with E-state index in [-0.39, 0.29) is 17.5 Å². The predicted molar refractivity (Wildman–Crippen MR) is 71.6 cm³/mol. The quantitative estimate of drug-likeness (QED) is 0.895. The fraction of sp³-hybridized carbons (Fsp3) is 0.462. The van der Waals surface area contributed by atoms with Crippen LogP contribution in [-0.4, -0.2) is 25.7 Å². The van der Waals surface area contributed by atoms with Crippen LogP contribution in [0.3, 0.4) is 0 Å². The van der Waals surface area contributed by atoms with Crippen LogP contribution in [0.15, 0.2) is 18.2 Å². The van der Waals surface area contributed by atoms with Gasteiger partial charge in [-0.25, -0.2) is 4.39 Å². The first-order chi connectivity index (χ1) is 9.05. The van der Waals surface area contributed by atoms with Crippen LogP contribution in [-0.2, 0) is 9.53 Å².